The largest absolute Gasteiger partial charge is 0.498 e. The molecule has 0 radical (unpaired) electrons. The highest BCUT2D eigenvalue weighted by atomic mass is 16.6. The fourth-order valence-electron chi connectivity index (χ4n) is 1.88. The molecular weight excluding hydrogens is 328 g/mol. The fraction of sp³-hybridized carbons (Fsp3) is 0.810. The molecule has 1 amide bonds. The van der Waals surface area contributed by atoms with Crippen LogP contribution in [0.2, 0.25) is 0 Å². The molecule has 0 fully saturated rings. The summed E-state index contributed by atoms with van der Waals surface area (Å²) >= 11 is 0. The van der Waals surface area contributed by atoms with Gasteiger partial charge in [-0.15, -0.1) is 0 Å². The summed E-state index contributed by atoms with van der Waals surface area (Å²) in [6.07, 6.45) is 6.30. The zero-order valence-corrected chi connectivity index (χ0v) is 18.4. The van der Waals surface area contributed by atoms with Crippen molar-refractivity contribution in [2.45, 2.75) is 93.1 Å². The Kier molecular flexibility index (Phi) is 17.4. The first-order valence-corrected chi connectivity index (χ1v) is 10.2. The molecule has 0 aromatic carbocycles. The molecule has 0 spiro atoms. The molecule has 0 aromatic heterocycles. The Bertz CT molecular complexity index is 410. The van der Waals surface area contributed by atoms with Gasteiger partial charge in [-0.25, -0.2) is 4.79 Å². The van der Waals surface area contributed by atoms with Gasteiger partial charge < -0.3 is 14.8 Å². The Balaban J connectivity index is 0. The lowest BCUT2D eigenvalue weighted by molar-refractivity contribution is 0.0525. The highest BCUT2D eigenvalue weighted by Crippen LogP contribution is 2.08. The van der Waals surface area contributed by atoms with Crippen LogP contribution in [0.4, 0.5) is 4.79 Å². The van der Waals surface area contributed by atoms with Crippen LogP contribution in [0, 0.1) is 0 Å². The highest BCUT2D eigenvalue weighted by Gasteiger charge is 2.15. The van der Waals surface area contributed by atoms with Gasteiger partial charge in [-0.2, -0.15) is 0 Å². The Morgan fingerprint density at radius 2 is 1.73 bits per heavy atom. The van der Waals surface area contributed by atoms with Gasteiger partial charge in [-0.1, -0.05) is 34.6 Å². The zero-order chi connectivity index (χ0) is 20.4. The van der Waals surface area contributed by atoms with Crippen molar-refractivity contribution in [3.8, 4) is 0 Å². The predicted molar refractivity (Wildman–Crippen MR) is 112 cm³/mol. The summed E-state index contributed by atoms with van der Waals surface area (Å²) in [5.74, 6) is 0.979. The molecule has 0 rings (SSSR count). The van der Waals surface area contributed by atoms with Crippen molar-refractivity contribution in [2.24, 2.45) is 4.99 Å². The number of hydrogen-bond acceptors (Lipinski definition) is 4. The van der Waals surface area contributed by atoms with Crippen molar-refractivity contribution in [2.75, 3.05) is 19.7 Å². The van der Waals surface area contributed by atoms with Gasteiger partial charge in [-0.3, -0.25) is 4.99 Å². The summed E-state index contributed by atoms with van der Waals surface area (Å²) in [6, 6.07) is 0. The number of amides is 1. The monoisotopic (exact) mass is 370 g/mol. The van der Waals surface area contributed by atoms with Crippen molar-refractivity contribution in [3.63, 3.8) is 0 Å². The molecule has 0 atom stereocenters. The van der Waals surface area contributed by atoms with Crippen LogP contribution in [0.25, 0.3) is 0 Å². The van der Waals surface area contributed by atoms with E-state index in [4.69, 9.17) is 9.47 Å². The van der Waals surface area contributed by atoms with Gasteiger partial charge in [0.15, 0.2) is 0 Å². The third-order valence-corrected chi connectivity index (χ3v) is 3.10. The highest BCUT2D eigenvalue weighted by molar-refractivity contribution is 5.95. The quantitative estimate of drug-likeness (QED) is 0.280. The van der Waals surface area contributed by atoms with Crippen molar-refractivity contribution in [1.82, 2.24) is 5.32 Å². The van der Waals surface area contributed by atoms with E-state index >= 15 is 0 Å². The van der Waals surface area contributed by atoms with Crippen molar-refractivity contribution < 1.29 is 14.3 Å². The van der Waals surface area contributed by atoms with Crippen LogP contribution < -0.4 is 5.32 Å². The minimum absolute atomic E-state index is 0.364. The van der Waals surface area contributed by atoms with Gasteiger partial charge in [0, 0.05) is 25.2 Å². The maximum absolute atomic E-state index is 11.5. The lowest BCUT2D eigenvalue weighted by Crippen LogP contribution is -2.33. The number of alkyl carbamates (subject to hydrolysis) is 1. The number of nitrogens with one attached hydrogen (secondary N) is 1. The van der Waals surface area contributed by atoms with E-state index in [1.54, 1.807) is 0 Å². The van der Waals surface area contributed by atoms with Crippen LogP contribution in [-0.4, -0.2) is 37.1 Å². The first-order valence-electron chi connectivity index (χ1n) is 10.2. The van der Waals surface area contributed by atoms with Crippen molar-refractivity contribution in [1.29, 1.82) is 0 Å². The first-order chi connectivity index (χ1) is 12.3. The Morgan fingerprint density at radius 1 is 1.08 bits per heavy atom. The van der Waals surface area contributed by atoms with Crippen LogP contribution in [0.15, 0.2) is 16.8 Å². The molecule has 0 saturated carbocycles. The van der Waals surface area contributed by atoms with E-state index in [0.717, 1.165) is 50.1 Å². The summed E-state index contributed by atoms with van der Waals surface area (Å²) in [5, 5.41) is 2.76. The lowest BCUT2D eigenvalue weighted by Gasteiger charge is -2.19. The predicted octanol–water partition coefficient (Wildman–Crippen LogP) is 5.89. The van der Waals surface area contributed by atoms with E-state index < -0.39 is 5.60 Å². The molecule has 0 aliphatic heterocycles. The minimum Gasteiger partial charge on any atom is -0.498 e. The zero-order valence-electron chi connectivity index (χ0n) is 18.4. The smallest absolute Gasteiger partial charge is 0.407 e. The third kappa shape index (κ3) is 17.3. The molecule has 5 heteroatoms. The van der Waals surface area contributed by atoms with Gasteiger partial charge in [0.1, 0.15) is 5.60 Å². The molecular formula is C21H42N2O3. The van der Waals surface area contributed by atoms with Crippen LogP contribution in [0.3, 0.4) is 0 Å². The number of carbonyl (C=O) groups is 1. The average molecular weight is 371 g/mol. The van der Waals surface area contributed by atoms with Crippen LogP contribution in [-0.2, 0) is 9.47 Å². The molecule has 26 heavy (non-hydrogen) atoms. The Labute approximate surface area is 161 Å². The second-order valence-electron chi connectivity index (χ2n) is 6.68. The molecule has 0 heterocycles. The molecule has 0 bridgehead atoms. The minimum atomic E-state index is -0.454. The summed E-state index contributed by atoms with van der Waals surface area (Å²) < 4.78 is 11.0. The number of ether oxygens (including phenoxy) is 2. The topological polar surface area (TPSA) is 59.9 Å². The van der Waals surface area contributed by atoms with Gasteiger partial charge in [0.2, 0.25) is 0 Å². The second kappa shape index (κ2) is 16.9. The summed E-state index contributed by atoms with van der Waals surface area (Å²) in [5.41, 5.74) is 0.643. The second-order valence-corrected chi connectivity index (χ2v) is 6.68. The number of hydrogen-bond donors (Lipinski definition) is 1. The van der Waals surface area contributed by atoms with E-state index in [1.807, 2.05) is 34.6 Å². The van der Waals surface area contributed by atoms with Gasteiger partial charge >= 0.3 is 6.09 Å². The number of carbonyl (C=O) groups excluding carboxylic acids is 1. The first kappa shape index (κ1) is 26.7. The van der Waals surface area contributed by atoms with Crippen LogP contribution in [0.5, 0.6) is 0 Å². The molecule has 0 unspecified atom stereocenters. The van der Waals surface area contributed by atoms with Crippen molar-refractivity contribution >= 4 is 11.8 Å². The maximum Gasteiger partial charge on any atom is 0.407 e. The molecule has 0 saturated heterocycles. The standard InChI is InChI=1S/C19H36N2O3.C2H6/c1-7-12-20-16(8-2)15-17(9-3)23-14-11-10-13-21-18(22)24-19(4,5)6;1-2/h15H,7-14H2,1-6H3,(H,21,22);1-2H3/b17-15+,20-16?;. The normalized spacial score (nSPS) is 12.2. The van der Waals surface area contributed by atoms with Gasteiger partial charge in [0.05, 0.1) is 12.4 Å². The summed E-state index contributed by atoms with van der Waals surface area (Å²) in [4.78, 5) is 16.1. The Morgan fingerprint density at radius 3 is 2.23 bits per heavy atom. The Hall–Kier alpha value is -1.52. The molecule has 0 aromatic rings. The van der Waals surface area contributed by atoms with E-state index in [0.29, 0.717) is 13.2 Å². The van der Waals surface area contributed by atoms with Crippen LogP contribution in [0.1, 0.15) is 87.5 Å². The third-order valence-electron chi connectivity index (χ3n) is 3.10. The van der Waals surface area contributed by atoms with E-state index in [-0.39, 0.29) is 6.09 Å². The average Bonchev–Trinajstić information content (AvgIpc) is 2.59. The molecule has 5 nitrogen and oxygen atoms in total. The molecule has 154 valence electrons. The van der Waals surface area contributed by atoms with E-state index in [1.165, 1.54) is 0 Å². The SMILES string of the molecule is CC.CCCN=C(/C=C(\CC)OCCCCNC(=O)OC(C)(C)C)CC. The van der Waals surface area contributed by atoms with Crippen LogP contribution >= 0.6 is 0 Å². The van der Waals surface area contributed by atoms with Crippen molar-refractivity contribution in [3.05, 3.63) is 11.8 Å². The number of nitrogens with zero attached hydrogens (tertiary/aromatic N) is 1. The number of rotatable bonds is 11. The maximum atomic E-state index is 11.5. The molecule has 0 aliphatic rings. The van der Waals surface area contributed by atoms with E-state index in [9.17, 15) is 4.79 Å². The van der Waals surface area contributed by atoms with Gasteiger partial charge in [0.25, 0.3) is 0 Å². The van der Waals surface area contributed by atoms with Gasteiger partial charge in [-0.05, 0) is 52.5 Å². The fourth-order valence-corrected chi connectivity index (χ4v) is 1.88. The lowest BCUT2D eigenvalue weighted by atomic mass is 10.2. The number of aliphatic imine (C=N–C) groups is 1. The van der Waals surface area contributed by atoms with E-state index in [2.05, 4.69) is 37.2 Å². The summed E-state index contributed by atoms with van der Waals surface area (Å²) in [7, 11) is 0. The summed E-state index contributed by atoms with van der Waals surface area (Å²) in [6.45, 7) is 18.0. The molecule has 0 aliphatic carbocycles. The number of unbranched alkanes of at least 4 members (excludes halogenated alkanes) is 1. The number of allylic oxidation sites excluding steroid dienone is 2. The molecule has 1 N–H and O–H groups in total.